The molecule has 110 valence electrons. The van der Waals surface area contributed by atoms with Gasteiger partial charge in [0.05, 0.1) is 24.1 Å². The number of nitrogens with zero attached hydrogens (tertiary/aromatic N) is 1. The average molecular weight is 289 g/mol. The molecule has 2 aromatic heterocycles. The van der Waals surface area contributed by atoms with Crippen LogP contribution in [0.5, 0.6) is 0 Å². The third-order valence-corrected chi connectivity index (χ3v) is 2.80. The number of hydrogen-bond acceptors (Lipinski definition) is 4. The Kier molecular flexibility index (Phi) is 4.55. The second kappa shape index (κ2) is 6.56. The fourth-order valence-electron chi connectivity index (χ4n) is 1.71. The van der Waals surface area contributed by atoms with Crippen molar-refractivity contribution in [3.63, 3.8) is 0 Å². The van der Waals surface area contributed by atoms with Crippen LogP contribution in [0.2, 0.25) is 0 Å². The maximum Gasteiger partial charge on any atom is 0.254 e. The highest BCUT2D eigenvalue weighted by atomic mass is 16.3. The van der Waals surface area contributed by atoms with Crippen LogP contribution in [0.4, 0.5) is 5.69 Å². The van der Waals surface area contributed by atoms with E-state index in [1.165, 1.54) is 35.3 Å². The molecule has 0 spiro atoms. The Morgan fingerprint density at radius 3 is 2.76 bits per heavy atom. The van der Waals surface area contributed by atoms with E-state index in [1.54, 1.807) is 6.20 Å². The highest BCUT2D eigenvalue weighted by Crippen LogP contribution is 2.03. The molecule has 0 bridgehead atoms. The number of aryl methyl sites for hydroxylation is 1. The number of nitrogens with one attached hydrogen (secondary N) is 2. The van der Waals surface area contributed by atoms with Crippen molar-refractivity contribution < 1.29 is 14.0 Å². The average Bonchev–Trinajstić information content (AvgIpc) is 3.01. The molecule has 0 fully saturated rings. The van der Waals surface area contributed by atoms with Gasteiger partial charge in [0, 0.05) is 18.8 Å². The van der Waals surface area contributed by atoms with Crippen LogP contribution in [0.15, 0.2) is 46.1 Å². The molecular weight excluding hydrogens is 274 g/mol. The highest BCUT2D eigenvalue weighted by Gasteiger charge is 2.09. The molecule has 2 aromatic rings. The number of carbonyl (C=O) groups is 2. The molecule has 2 N–H and O–H groups in total. The smallest absolute Gasteiger partial charge is 0.254 e. The van der Waals surface area contributed by atoms with Crippen molar-refractivity contribution in [2.24, 2.45) is 0 Å². The van der Waals surface area contributed by atoms with Crippen LogP contribution in [0.3, 0.4) is 0 Å². The summed E-state index contributed by atoms with van der Waals surface area (Å²) in [6.07, 6.45) is 4.23. The first-order valence-corrected chi connectivity index (χ1v) is 6.41. The molecule has 0 saturated heterocycles. The third kappa shape index (κ3) is 3.82. The summed E-state index contributed by atoms with van der Waals surface area (Å²) >= 11 is 0. The number of amides is 2. The summed E-state index contributed by atoms with van der Waals surface area (Å²) in [4.78, 5) is 34.8. The number of pyridine rings is 1. The predicted molar refractivity (Wildman–Crippen MR) is 76.0 cm³/mol. The zero-order valence-electron chi connectivity index (χ0n) is 11.5. The van der Waals surface area contributed by atoms with E-state index in [0.717, 1.165) is 0 Å². The van der Waals surface area contributed by atoms with E-state index in [9.17, 15) is 14.4 Å². The first kappa shape index (κ1) is 14.6. The molecular formula is C14H15N3O4. The lowest BCUT2D eigenvalue weighted by Gasteiger charge is -2.08. The van der Waals surface area contributed by atoms with Gasteiger partial charge in [0.2, 0.25) is 5.91 Å². The Morgan fingerprint density at radius 2 is 2.10 bits per heavy atom. The minimum absolute atomic E-state index is 0.135. The summed E-state index contributed by atoms with van der Waals surface area (Å²) in [5, 5.41) is 5.07. The monoisotopic (exact) mass is 289 g/mol. The Balaban J connectivity index is 1.90. The Morgan fingerprint density at radius 1 is 1.29 bits per heavy atom. The van der Waals surface area contributed by atoms with Gasteiger partial charge in [-0.15, -0.1) is 0 Å². The molecule has 0 aliphatic rings. The van der Waals surface area contributed by atoms with Crippen LogP contribution in [0.1, 0.15) is 17.3 Å². The van der Waals surface area contributed by atoms with Crippen LogP contribution in [0, 0.1) is 0 Å². The van der Waals surface area contributed by atoms with E-state index < -0.39 is 5.91 Å². The Labute approximate surface area is 120 Å². The van der Waals surface area contributed by atoms with Crippen molar-refractivity contribution in [2.75, 3.05) is 11.9 Å². The lowest BCUT2D eigenvalue weighted by atomic mass is 10.3. The van der Waals surface area contributed by atoms with E-state index >= 15 is 0 Å². The molecule has 2 amide bonds. The van der Waals surface area contributed by atoms with E-state index in [0.29, 0.717) is 17.8 Å². The van der Waals surface area contributed by atoms with Gasteiger partial charge < -0.3 is 19.6 Å². The lowest BCUT2D eigenvalue weighted by molar-refractivity contribution is -0.115. The largest absolute Gasteiger partial charge is 0.472 e. The van der Waals surface area contributed by atoms with Crippen LogP contribution < -0.4 is 16.2 Å². The quantitative estimate of drug-likeness (QED) is 0.852. The molecule has 7 heteroatoms. The maximum atomic E-state index is 11.7. The van der Waals surface area contributed by atoms with Gasteiger partial charge in [-0.2, -0.15) is 0 Å². The molecule has 2 rings (SSSR count). The van der Waals surface area contributed by atoms with Gasteiger partial charge in [-0.3, -0.25) is 14.4 Å². The van der Waals surface area contributed by atoms with Crippen molar-refractivity contribution in [1.29, 1.82) is 0 Å². The number of carbonyl (C=O) groups excluding carboxylic acids is 2. The van der Waals surface area contributed by atoms with Crippen LogP contribution in [0.25, 0.3) is 0 Å². The number of rotatable bonds is 5. The SMILES string of the molecule is CCn1cc(NC(=O)CNC(=O)c2ccoc2)ccc1=O. The minimum Gasteiger partial charge on any atom is -0.472 e. The fourth-order valence-corrected chi connectivity index (χ4v) is 1.71. The molecule has 2 heterocycles. The van der Waals surface area contributed by atoms with Crippen molar-refractivity contribution in [3.8, 4) is 0 Å². The summed E-state index contributed by atoms with van der Waals surface area (Å²) < 4.78 is 6.25. The molecule has 0 aromatic carbocycles. The van der Waals surface area contributed by atoms with E-state index in [1.807, 2.05) is 6.92 Å². The molecule has 0 aliphatic heterocycles. The van der Waals surface area contributed by atoms with Crippen LogP contribution in [-0.2, 0) is 11.3 Å². The van der Waals surface area contributed by atoms with Gasteiger partial charge >= 0.3 is 0 Å². The Bertz CT molecular complexity index is 688. The maximum absolute atomic E-state index is 11.7. The number of aromatic nitrogens is 1. The van der Waals surface area contributed by atoms with E-state index in [2.05, 4.69) is 10.6 Å². The number of anilines is 1. The van der Waals surface area contributed by atoms with Gasteiger partial charge in [-0.05, 0) is 19.1 Å². The minimum atomic E-state index is -0.391. The van der Waals surface area contributed by atoms with E-state index in [4.69, 9.17) is 4.42 Å². The van der Waals surface area contributed by atoms with Gasteiger partial charge in [-0.25, -0.2) is 0 Å². The second-order valence-electron chi connectivity index (χ2n) is 4.28. The number of furan rings is 1. The van der Waals surface area contributed by atoms with Crippen molar-refractivity contribution in [1.82, 2.24) is 9.88 Å². The predicted octanol–water partition coefficient (Wildman–Crippen LogP) is 0.830. The standard InChI is InChI=1S/C14H15N3O4/c1-2-17-8-11(3-4-13(17)19)16-12(18)7-15-14(20)10-5-6-21-9-10/h3-6,8-9H,2,7H2,1H3,(H,15,20)(H,16,18). The second-order valence-corrected chi connectivity index (χ2v) is 4.28. The molecule has 0 atom stereocenters. The first-order valence-electron chi connectivity index (χ1n) is 6.41. The normalized spacial score (nSPS) is 10.1. The number of hydrogen-bond donors (Lipinski definition) is 2. The fraction of sp³-hybridized carbons (Fsp3) is 0.214. The van der Waals surface area contributed by atoms with Crippen molar-refractivity contribution >= 4 is 17.5 Å². The first-order chi connectivity index (χ1) is 10.1. The van der Waals surface area contributed by atoms with Gasteiger partial charge in [0.1, 0.15) is 6.26 Å². The molecule has 0 unspecified atom stereocenters. The molecule has 21 heavy (non-hydrogen) atoms. The van der Waals surface area contributed by atoms with Gasteiger partial charge in [0.25, 0.3) is 11.5 Å². The summed E-state index contributed by atoms with van der Waals surface area (Å²) in [5.41, 5.74) is 0.713. The summed E-state index contributed by atoms with van der Waals surface area (Å²) in [6, 6.07) is 4.40. The van der Waals surface area contributed by atoms with Crippen LogP contribution in [-0.4, -0.2) is 22.9 Å². The van der Waals surface area contributed by atoms with E-state index in [-0.39, 0.29) is 18.0 Å². The zero-order chi connectivity index (χ0) is 15.2. The van der Waals surface area contributed by atoms with Gasteiger partial charge in [-0.1, -0.05) is 0 Å². The molecule has 0 radical (unpaired) electrons. The van der Waals surface area contributed by atoms with Gasteiger partial charge in [0.15, 0.2) is 0 Å². The van der Waals surface area contributed by atoms with Crippen molar-refractivity contribution in [3.05, 3.63) is 52.8 Å². The zero-order valence-corrected chi connectivity index (χ0v) is 11.5. The topological polar surface area (TPSA) is 93.3 Å². The summed E-state index contributed by atoms with van der Waals surface area (Å²) in [7, 11) is 0. The molecule has 0 aliphatic carbocycles. The molecule has 7 nitrogen and oxygen atoms in total. The summed E-state index contributed by atoms with van der Waals surface area (Å²) in [6.45, 7) is 2.17. The van der Waals surface area contributed by atoms with Crippen LogP contribution >= 0.6 is 0 Å². The highest BCUT2D eigenvalue weighted by molar-refractivity contribution is 5.99. The lowest BCUT2D eigenvalue weighted by Crippen LogP contribution is -2.33. The Hall–Kier alpha value is -2.83. The molecule has 0 saturated carbocycles. The van der Waals surface area contributed by atoms with Crippen molar-refractivity contribution in [2.45, 2.75) is 13.5 Å². The summed E-state index contributed by atoms with van der Waals surface area (Å²) in [5.74, 6) is -0.773. The third-order valence-electron chi connectivity index (χ3n) is 2.80.